The zero-order chi connectivity index (χ0) is 16.3. The summed E-state index contributed by atoms with van der Waals surface area (Å²) >= 11 is 0. The van der Waals surface area contributed by atoms with E-state index in [1.807, 2.05) is 20.8 Å². The lowest BCUT2D eigenvalue weighted by Gasteiger charge is -2.02. The van der Waals surface area contributed by atoms with Crippen LogP contribution in [0.2, 0.25) is 0 Å². The first-order valence-corrected chi connectivity index (χ1v) is 7.53. The molecule has 19 heavy (non-hydrogen) atoms. The minimum absolute atomic E-state index is 0.439. The summed E-state index contributed by atoms with van der Waals surface area (Å²) < 4.78 is 10.1. The number of nitrogens with two attached hydrogens (primary N) is 3. The summed E-state index contributed by atoms with van der Waals surface area (Å²) in [5.41, 5.74) is 14.5. The third kappa shape index (κ3) is 100.0. The number of hydrogen-bond donors (Lipinski definition) is 7. The molecular formula is C9H29N4O5P. The summed E-state index contributed by atoms with van der Waals surface area (Å²) in [6.07, 6.45) is -0.598. The summed E-state index contributed by atoms with van der Waals surface area (Å²) in [4.78, 5) is 26.1. The van der Waals surface area contributed by atoms with Gasteiger partial charge in [0.25, 0.3) is 0 Å². The molecule has 10 heteroatoms. The van der Waals surface area contributed by atoms with E-state index in [0.29, 0.717) is 0 Å². The van der Waals surface area contributed by atoms with E-state index in [2.05, 4.69) is 5.32 Å². The Kier molecular flexibility index (Phi) is 32.0. The average molecular weight is 304 g/mol. The maximum atomic E-state index is 10.1. The minimum atomic E-state index is -4.10. The molecule has 0 saturated carbocycles. The van der Waals surface area contributed by atoms with Gasteiger partial charge in [-0.2, -0.15) is 0 Å². The van der Waals surface area contributed by atoms with Crippen LogP contribution in [0.15, 0.2) is 0 Å². The molecule has 0 atom stereocenters. The topological polar surface area (TPSA) is 185 Å². The Morgan fingerprint density at radius 3 is 1.47 bits per heavy atom. The highest BCUT2D eigenvalue weighted by molar-refractivity contribution is 7.51. The van der Waals surface area contributed by atoms with Crippen LogP contribution in [0.25, 0.3) is 0 Å². The third-order valence-corrected chi connectivity index (χ3v) is 1.23. The summed E-state index contributed by atoms with van der Waals surface area (Å²) in [6, 6.07) is 0. The lowest BCUT2D eigenvalue weighted by atomic mass is 10.7. The zero-order valence-electron chi connectivity index (χ0n) is 11.9. The van der Waals surface area contributed by atoms with Gasteiger partial charge in [-0.05, 0) is 19.6 Å². The second kappa shape index (κ2) is 22.6. The third-order valence-electron chi connectivity index (χ3n) is 0.594. The van der Waals surface area contributed by atoms with Crippen molar-refractivity contribution in [3.8, 4) is 0 Å². The van der Waals surface area contributed by atoms with Crippen LogP contribution in [0.1, 0.15) is 20.8 Å². The molecule has 0 amide bonds. The molecule has 0 bridgehead atoms. The average Bonchev–Trinajstić information content (AvgIpc) is 2.18. The van der Waals surface area contributed by atoms with Crippen LogP contribution in [0, 0.1) is 0 Å². The highest BCUT2D eigenvalue weighted by Crippen LogP contribution is 2.31. The predicted octanol–water partition coefficient (Wildman–Crippen LogP) is -1.31. The Morgan fingerprint density at radius 1 is 1.05 bits per heavy atom. The van der Waals surface area contributed by atoms with Crippen molar-refractivity contribution in [1.82, 2.24) is 5.32 Å². The highest BCUT2D eigenvalue weighted by Gasteiger charge is 2.11. The number of carboxylic acid groups (broad SMARTS) is 1. The predicted molar refractivity (Wildman–Crippen MR) is 76.7 cm³/mol. The highest BCUT2D eigenvalue weighted by atomic mass is 31.2. The monoisotopic (exact) mass is 304 g/mol. The number of hydrogen-bond acceptors (Lipinski definition) is 6. The van der Waals surface area contributed by atoms with Gasteiger partial charge in [-0.3, -0.25) is 14.7 Å². The molecule has 0 aromatic rings. The maximum Gasteiger partial charge on any atom is 0.339 e. The Balaban J connectivity index is -0.000000103. The zero-order valence-corrected chi connectivity index (χ0v) is 12.8. The van der Waals surface area contributed by atoms with E-state index in [9.17, 15) is 9.36 Å². The molecule has 0 rings (SSSR count). The molecule has 10 N–H and O–H groups in total. The molecule has 0 aliphatic rings. The van der Waals surface area contributed by atoms with Crippen molar-refractivity contribution in [2.75, 3.05) is 32.5 Å². The SMILES string of the molecule is CCN.CCN.CCN.O=C(O)CNCP(=O)(O)O. The molecule has 0 aliphatic heterocycles. The molecule has 0 radical (unpaired) electrons. The number of nitrogens with one attached hydrogen (secondary N) is 1. The van der Waals surface area contributed by atoms with Crippen molar-refractivity contribution in [2.45, 2.75) is 20.8 Å². The molecule has 0 aromatic carbocycles. The van der Waals surface area contributed by atoms with Crippen molar-refractivity contribution in [3.05, 3.63) is 0 Å². The van der Waals surface area contributed by atoms with Gasteiger partial charge in [-0.1, -0.05) is 20.8 Å². The van der Waals surface area contributed by atoms with Crippen molar-refractivity contribution < 1.29 is 24.3 Å². The van der Waals surface area contributed by atoms with Gasteiger partial charge in [-0.15, -0.1) is 0 Å². The fourth-order valence-corrected chi connectivity index (χ4v) is 0.712. The lowest BCUT2D eigenvalue weighted by molar-refractivity contribution is -0.135. The van der Waals surface area contributed by atoms with Gasteiger partial charge in [0.1, 0.15) is 0 Å². The number of aliphatic carboxylic acids is 1. The molecule has 0 spiro atoms. The van der Waals surface area contributed by atoms with Gasteiger partial charge < -0.3 is 32.1 Å². The summed E-state index contributed by atoms with van der Waals surface area (Å²) in [7, 11) is -4.10. The van der Waals surface area contributed by atoms with E-state index in [1.165, 1.54) is 0 Å². The second-order valence-corrected chi connectivity index (χ2v) is 4.51. The normalized spacial score (nSPS) is 8.84. The van der Waals surface area contributed by atoms with Crippen LogP contribution in [-0.2, 0) is 9.36 Å². The Morgan fingerprint density at radius 2 is 1.32 bits per heavy atom. The van der Waals surface area contributed by atoms with Gasteiger partial charge in [0.15, 0.2) is 0 Å². The molecular weight excluding hydrogens is 275 g/mol. The second-order valence-electron chi connectivity index (χ2n) is 2.87. The van der Waals surface area contributed by atoms with Crippen molar-refractivity contribution in [3.63, 3.8) is 0 Å². The van der Waals surface area contributed by atoms with Crippen LogP contribution >= 0.6 is 7.60 Å². The van der Waals surface area contributed by atoms with Gasteiger partial charge >= 0.3 is 13.6 Å². The summed E-state index contributed by atoms with van der Waals surface area (Å²) in [5.74, 6) is -1.14. The van der Waals surface area contributed by atoms with E-state index in [-0.39, 0.29) is 0 Å². The van der Waals surface area contributed by atoms with Crippen molar-refractivity contribution in [1.29, 1.82) is 0 Å². The molecule has 0 unspecified atom stereocenters. The van der Waals surface area contributed by atoms with E-state index in [1.54, 1.807) is 0 Å². The van der Waals surface area contributed by atoms with E-state index < -0.39 is 26.4 Å². The maximum absolute atomic E-state index is 10.1. The smallest absolute Gasteiger partial charge is 0.339 e. The molecule has 0 saturated heterocycles. The molecule has 9 nitrogen and oxygen atoms in total. The summed E-state index contributed by atoms with van der Waals surface area (Å²) in [6.45, 7) is 7.52. The van der Waals surface area contributed by atoms with Gasteiger partial charge in [0.05, 0.1) is 12.8 Å². The van der Waals surface area contributed by atoms with Crippen LogP contribution in [-0.4, -0.2) is 53.3 Å². The van der Waals surface area contributed by atoms with Gasteiger partial charge in [0, 0.05) is 0 Å². The molecule has 120 valence electrons. The molecule has 0 aliphatic carbocycles. The Bertz CT molecular complexity index is 208. The fourth-order valence-electron chi connectivity index (χ4n) is 0.308. The largest absolute Gasteiger partial charge is 0.480 e. The van der Waals surface area contributed by atoms with E-state index >= 15 is 0 Å². The van der Waals surface area contributed by atoms with E-state index in [4.69, 9.17) is 32.1 Å². The first kappa shape index (κ1) is 26.9. The molecule has 0 aromatic heterocycles. The first-order chi connectivity index (χ1) is 8.66. The molecule has 0 fully saturated rings. The Labute approximate surface area is 114 Å². The fraction of sp³-hybridized carbons (Fsp3) is 0.889. The van der Waals surface area contributed by atoms with Gasteiger partial charge in [-0.25, -0.2) is 0 Å². The van der Waals surface area contributed by atoms with Crippen LogP contribution in [0.4, 0.5) is 0 Å². The lowest BCUT2D eigenvalue weighted by Crippen LogP contribution is -2.23. The van der Waals surface area contributed by atoms with Crippen molar-refractivity contribution >= 4 is 13.6 Å². The van der Waals surface area contributed by atoms with Crippen LogP contribution in [0.3, 0.4) is 0 Å². The number of carbonyl (C=O) groups is 1. The number of carboxylic acids is 1. The summed E-state index contributed by atoms with van der Waals surface area (Å²) in [5, 5.41) is 10.1. The minimum Gasteiger partial charge on any atom is -0.480 e. The van der Waals surface area contributed by atoms with Crippen LogP contribution in [0.5, 0.6) is 0 Å². The standard InChI is InChI=1S/C3H8NO5P.3C2H7N/c5-3(6)1-4-2-10(7,8)9;3*1-2-3/h4H,1-2H2,(H,5,6)(H2,7,8,9);3*2-3H2,1H3. The van der Waals surface area contributed by atoms with Crippen molar-refractivity contribution in [2.24, 2.45) is 17.2 Å². The Hall–Kier alpha value is -0.540. The number of rotatable bonds is 4. The van der Waals surface area contributed by atoms with Crippen LogP contribution < -0.4 is 22.5 Å². The van der Waals surface area contributed by atoms with E-state index in [0.717, 1.165) is 19.6 Å². The van der Waals surface area contributed by atoms with Gasteiger partial charge in [0.2, 0.25) is 0 Å². The molecule has 0 heterocycles. The quantitative estimate of drug-likeness (QED) is 0.310. The first-order valence-electron chi connectivity index (χ1n) is 5.73.